The van der Waals surface area contributed by atoms with E-state index in [9.17, 15) is 5.11 Å². The molecular weight excluding hydrogens is 1050 g/mol. The van der Waals surface area contributed by atoms with Crippen LogP contribution in [0.3, 0.4) is 0 Å². The number of alkyl halides is 4. The minimum absolute atomic E-state index is 0.0552. The number of nitrogens with one attached hydrogen (secondary N) is 3. The molecule has 0 aliphatic rings. The van der Waals surface area contributed by atoms with Gasteiger partial charge in [-0.25, -0.2) is 0 Å². The lowest BCUT2D eigenvalue weighted by Crippen LogP contribution is -2.21. The van der Waals surface area contributed by atoms with E-state index in [1.54, 1.807) is 0 Å². The SMILES string of the molecule is CNCCNc1cc(C(C)O)c(I)c(-c2c(NCCI)c(CCI)c(C(C)N)c(C)c2C(C)I)c1[C@H](C)CI. The minimum atomic E-state index is -0.575. The largest absolute Gasteiger partial charge is 0.389 e. The molecular formula is C29H43I5N4O. The summed E-state index contributed by atoms with van der Waals surface area (Å²) in [5, 5.41) is 21.9. The molecule has 4 atom stereocenters. The summed E-state index contributed by atoms with van der Waals surface area (Å²) < 4.78 is 4.44. The van der Waals surface area contributed by atoms with E-state index in [1.807, 2.05) is 14.0 Å². The van der Waals surface area contributed by atoms with Crippen molar-refractivity contribution >= 4 is 124 Å². The summed E-state index contributed by atoms with van der Waals surface area (Å²) in [5.74, 6) is 0.325. The zero-order valence-electron chi connectivity index (χ0n) is 23.8. The van der Waals surface area contributed by atoms with Crippen LogP contribution in [0.5, 0.6) is 0 Å². The van der Waals surface area contributed by atoms with Crippen molar-refractivity contribution in [2.75, 3.05) is 50.6 Å². The quantitative estimate of drug-likeness (QED) is 0.0701. The Balaban J connectivity index is 3.28. The van der Waals surface area contributed by atoms with Crippen molar-refractivity contribution in [2.45, 2.75) is 63.0 Å². The zero-order chi connectivity index (χ0) is 29.4. The van der Waals surface area contributed by atoms with Gasteiger partial charge >= 0.3 is 0 Å². The second kappa shape index (κ2) is 17.8. The monoisotopic (exact) mass is 1100 g/mol. The predicted molar refractivity (Wildman–Crippen MR) is 215 cm³/mol. The first-order valence-electron chi connectivity index (χ1n) is 13.4. The van der Waals surface area contributed by atoms with Crippen molar-refractivity contribution in [1.29, 1.82) is 0 Å². The average molecular weight is 1100 g/mol. The Morgan fingerprint density at radius 3 is 2.08 bits per heavy atom. The van der Waals surface area contributed by atoms with Crippen molar-refractivity contribution in [3.63, 3.8) is 0 Å². The highest BCUT2D eigenvalue weighted by atomic mass is 127. The van der Waals surface area contributed by atoms with Crippen LogP contribution in [0.2, 0.25) is 0 Å². The lowest BCUT2D eigenvalue weighted by molar-refractivity contribution is 0.198. The fraction of sp³-hybridized carbons (Fsp3) is 0.586. The first-order valence-corrected chi connectivity index (χ1v) is 20.3. The highest BCUT2D eigenvalue weighted by molar-refractivity contribution is 14.1. The molecule has 10 heteroatoms. The molecule has 0 heterocycles. The molecule has 0 aliphatic carbocycles. The van der Waals surface area contributed by atoms with E-state index in [-0.39, 0.29) is 9.97 Å². The predicted octanol–water partition coefficient (Wildman–Crippen LogP) is 8.83. The van der Waals surface area contributed by atoms with E-state index in [0.717, 1.165) is 54.2 Å². The number of benzene rings is 2. The lowest BCUT2D eigenvalue weighted by atomic mass is 9.79. The fourth-order valence-electron chi connectivity index (χ4n) is 5.37. The van der Waals surface area contributed by atoms with Gasteiger partial charge in [0.25, 0.3) is 0 Å². The Morgan fingerprint density at radius 2 is 1.59 bits per heavy atom. The third-order valence-electron chi connectivity index (χ3n) is 7.00. The molecule has 5 nitrogen and oxygen atoms in total. The number of rotatable bonds is 15. The van der Waals surface area contributed by atoms with Crippen molar-refractivity contribution in [2.24, 2.45) is 5.73 Å². The van der Waals surface area contributed by atoms with E-state index in [4.69, 9.17) is 5.73 Å². The van der Waals surface area contributed by atoms with Gasteiger partial charge in [-0.2, -0.15) is 0 Å². The highest BCUT2D eigenvalue weighted by Crippen LogP contribution is 2.51. The van der Waals surface area contributed by atoms with Gasteiger partial charge in [0.15, 0.2) is 0 Å². The van der Waals surface area contributed by atoms with Gasteiger partial charge in [0, 0.05) is 69.0 Å². The maximum atomic E-state index is 11.0. The number of hydrogen-bond acceptors (Lipinski definition) is 5. The number of aliphatic hydroxyl groups is 1. The maximum Gasteiger partial charge on any atom is 0.0773 e. The van der Waals surface area contributed by atoms with Crippen molar-refractivity contribution < 1.29 is 5.11 Å². The van der Waals surface area contributed by atoms with Crippen LogP contribution >= 0.6 is 113 Å². The Hall–Kier alpha value is 1.57. The molecule has 220 valence electrons. The minimum Gasteiger partial charge on any atom is -0.389 e. The summed E-state index contributed by atoms with van der Waals surface area (Å²) in [7, 11) is 1.98. The second-order valence-corrected chi connectivity index (χ2v) is 16.0. The normalized spacial score (nSPS) is 14.7. The van der Waals surface area contributed by atoms with Gasteiger partial charge in [-0.1, -0.05) is 97.3 Å². The van der Waals surface area contributed by atoms with Gasteiger partial charge in [0.2, 0.25) is 0 Å². The number of nitrogens with two attached hydrogens (primary N) is 1. The van der Waals surface area contributed by atoms with Gasteiger partial charge in [0.05, 0.1) is 6.10 Å². The number of anilines is 2. The molecule has 0 radical (unpaired) electrons. The van der Waals surface area contributed by atoms with Gasteiger partial charge < -0.3 is 26.8 Å². The van der Waals surface area contributed by atoms with Crippen LogP contribution in [-0.4, -0.2) is 45.1 Å². The van der Waals surface area contributed by atoms with Crippen LogP contribution in [0.25, 0.3) is 11.1 Å². The van der Waals surface area contributed by atoms with E-state index in [2.05, 4.69) is 163 Å². The lowest BCUT2D eigenvalue weighted by Gasteiger charge is -2.32. The van der Waals surface area contributed by atoms with Crippen LogP contribution in [0, 0.1) is 10.5 Å². The summed E-state index contributed by atoms with van der Waals surface area (Å²) in [6.45, 7) is 13.4. The average Bonchev–Trinajstić information content (AvgIpc) is 2.87. The number of hydrogen-bond donors (Lipinski definition) is 5. The van der Waals surface area contributed by atoms with Crippen molar-refractivity contribution in [1.82, 2.24) is 5.32 Å². The molecule has 0 bridgehead atoms. The molecule has 2 aromatic rings. The van der Waals surface area contributed by atoms with E-state index in [0.29, 0.717) is 5.92 Å². The molecule has 0 spiro atoms. The highest BCUT2D eigenvalue weighted by Gasteiger charge is 2.31. The van der Waals surface area contributed by atoms with Gasteiger partial charge in [-0.3, -0.25) is 0 Å². The maximum absolute atomic E-state index is 11.0. The van der Waals surface area contributed by atoms with Gasteiger partial charge in [0.1, 0.15) is 0 Å². The van der Waals surface area contributed by atoms with Crippen LogP contribution in [0.4, 0.5) is 11.4 Å². The van der Waals surface area contributed by atoms with E-state index < -0.39 is 6.10 Å². The Bertz CT molecular complexity index is 1110. The number of aliphatic hydroxyl groups excluding tert-OH is 1. The summed E-state index contributed by atoms with van der Waals surface area (Å²) in [6.07, 6.45) is 0.385. The van der Waals surface area contributed by atoms with Gasteiger partial charge in [-0.15, -0.1) is 0 Å². The molecule has 3 unspecified atom stereocenters. The molecule has 0 fully saturated rings. The molecule has 2 aromatic carbocycles. The smallest absolute Gasteiger partial charge is 0.0773 e. The summed E-state index contributed by atoms with van der Waals surface area (Å²) in [5.41, 5.74) is 19.2. The van der Waals surface area contributed by atoms with Crippen molar-refractivity contribution in [3.05, 3.63) is 43.0 Å². The molecule has 0 aliphatic heterocycles. The topological polar surface area (TPSA) is 82.3 Å². The molecule has 0 saturated heterocycles. The van der Waals surface area contributed by atoms with Crippen LogP contribution in [-0.2, 0) is 6.42 Å². The summed E-state index contributed by atoms with van der Waals surface area (Å²) >= 11 is 12.5. The first kappa shape index (κ1) is 36.8. The van der Waals surface area contributed by atoms with Crippen LogP contribution in [0.1, 0.15) is 83.1 Å². The van der Waals surface area contributed by atoms with Crippen LogP contribution < -0.4 is 21.7 Å². The molecule has 2 rings (SSSR count). The van der Waals surface area contributed by atoms with E-state index in [1.165, 1.54) is 44.6 Å². The third-order valence-corrected chi connectivity index (χ3v) is 11.2. The Labute approximate surface area is 304 Å². The fourth-order valence-corrected chi connectivity index (χ4v) is 8.57. The van der Waals surface area contributed by atoms with Crippen LogP contribution in [0.15, 0.2) is 6.07 Å². The van der Waals surface area contributed by atoms with Crippen molar-refractivity contribution in [3.8, 4) is 11.1 Å². The molecule has 6 N–H and O–H groups in total. The third kappa shape index (κ3) is 8.82. The number of halogens is 5. The standard InChI is InChI=1S/C29H43I5N4O/c1-15(14-32)23-22(37-12-11-36-6)13-21(19(5)39)28(34)26(23)27-24(17(3)33)16(2)25(18(4)35)20(7-8-30)29(27)38-10-9-31/h13,15,17-19,36-39H,7-12,14,35H2,1-6H3/t15-,17?,18?,19?/m1/s1. The zero-order valence-corrected chi connectivity index (χ0v) is 34.5. The number of likely N-dealkylation sites (N-methyl/N-ethyl adjacent to an activating group) is 1. The Morgan fingerprint density at radius 1 is 0.923 bits per heavy atom. The summed E-state index contributed by atoms with van der Waals surface area (Å²) in [4.78, 5) is 0. The first-order chi connectivity index (χ1) is 18.5. The molecule has 0 saturated carbocycles. The summed E-state index contributed by atoms with van der Waals surface area (Å²) in [6, 6.07) is 2.13. The molecule has 0 amide bonds. The Kier molecular flexibility index (Phi) is 16.7. The molecule has 0 aromatic heterocycles. The van der Waals surface area contributed by atoms with E-state index >= 15 is 0 Å². The molecule has 39 heavy (non-hydrogen) atoms. The second-order valence-electron chi connectivity index (χ2n) is 10.0. The van der Waals surface area contributed by atoms with Gasteiger partial charge in [-0.05, 0) is 109 Å².